The van der Waals surface area contributed by atoms with Crippen molar-refractivity contribution in [1.29, 1.82) is 0 Å². The molecule has 0 saturated heterocycles. The van der Waals surface area contributed by atoms with Crippen LogP contribution in [0, 0.1) is 5.82 Å². The molecule has 0 aromatic heterocycles. The number of halogens is 1. The Balaban J connectivity index is 1.60. The van der Waals surface area contributed by atoms with Gasteiger partial charge in [0.05, 0.1) is 11.3 Å². The highest BCUT2D eigenvalue weighted by molar-refractivity contribution is 6.10. The van der Waals surface area contributed by atoms with E-state index >= 15 is 0 Å². The van der Waals surface area contributed by atoms with Crippen molar-refractivity contribution < 1.29 is 18.7 Å². The molecular weight excluding hydrogens is 333 g/mol. The van der Waals surface area contributed by atoms with Gasteiger partial charge in [0.25, 0.3) is 5.91 Å². The van der Waals surface area contributed by atoms with E-state index in [4.69, 9.17) is 9.47 Å². The molecule has 4 nitrogen and oxygen atoms in total. The van der Waals surface area contributed by atoms with Crippen molar-refractivity contribution in [3.05, 3.63) is 53.3 Å². The molecule has 3 aliphatic rings. The second-order valence-electron chi connectivity index (χ2n) is 7.34. The SMILES string of the molecule is O=C(c1cccc2c1OCCO2)N1CC2(CCCC2)c2c(F)cccc21. The van der Waals surface area contributed by atoms with Crippen LogP contribution >= 0.6 is 0 Å². The van der Waals surface area contributed by atoms with Crippen molar-refractivity contribution in [2.45, 2.75) is 31.1 Å². The van der Waals surface area contributed by atoms with E-state index in [9.17, 15) is 9.18 Å². The van der Waals surface area contributed by atoms with Crippen molar-refractivity contribution in [2.75, 3.05) is 24.7 Å². The Hall–Kier alpha value is -2.56. The van der Waals surface area contributed by atoms with Gasteiger partial charge in [0.2, 0.25) is 0 Å². The molecule has 2 aliphatic heterocycles. The molecule has 2 aromatic carbocycles. The topological polar surface area (TPSA) is 38.8 Å². The first kappa shape index (κ1) is 15.7. The third-order valence-electron chi connectivity index (χ3n) is 5.88. The molecule has 1 spiro atoms. The number of nitrogens with zero attached hydrogens (tertiary/aromatic N) is 1. The third-order valence-corrected chi connectivity index (χ3v) is 5.88. The number of ether oxygens (including phenoxy) is 2. The van der Waals surface area contributed by atoms with Crippen LogP contribution in [0.5, 0.6) is 11.5 Å². The summed E-state index contributed by atoms with van der Waals surface area (Å²) < 4.78 is 26.0. The van der Waals surface area contributed by atoms with E-state index in [-0.39, 0.29) is 17.1 Å². The van der Waals surface area contributed by atoms with Gasteiger partial charge in [-0.05, 0) is 37.1 Å². The van der Waals surface area contributed by atoms with Crippen LogP contribution in [0.2, 0.25) is 0 Å². The van der Waals surface area contributed by atoms with Crippen molar-refractivity contribution in [3.8, 4) is 11.5 Å². The summed E-state index contributed by atoms with van der Waals surface area (Å²) in [5.41, 5.74) is 1.65. The van der Waals surface area contributed by atoms with Crippen LogP contribution in [0.3, 0.4) is 0 Å². The number of anilines is 1. The summed E-state index contributed by atoms with van der Waals surface area (Å²) in [6.45, 7) is 1.44. The number of benzene rings is 2. The summed E-state index contributed by atoms with van der Waals surface area (Å²) >= 11 is 0. The fourth-order valence-corrected chi connectivity index (χ4v) is 4.76. The fraction of sp³-hybridized carbons (Fsp3) is 0.381. The molecule has 1 saturated carbocycles. The van der Waals surface area contributed by atoms with Gasteiger partial charge in [0.15, 0.2) is 11.5 Å². The summed E-state index contributed by atoms with van der Waals surface area (Å²) in [4.78, 5) is 15.1. The van der Waals surface area contributed by atoms with Crippen LogP contribution in [0.4, 0.5) is 10.1 Å². The predicted octanol–water partition coefficient (Wildman–Crippen LogP) is 4.07. The Morgan fingerprint density at radius 2 is 1.81 bits per heavy atom. The zero-order valence-electron chi connectivity index (χ0n) is 14.5. The normalized spacial score (nSPS) is 19.7. The lowest BCUT2D eigenvalue weighted by Gasteiger charge is -2.26. The highest BCUT2D eigenvalue weighted by Gasteiger charge is 2.48. The Morgan fingerprint density at radius 3 is 2.65 bits per heavy atom. The maximum Gasteiger partial charge on any atom is 0.262 e. The number of rotatable bonds is 1. The van der Waals surface area contributed by atoms with Gasteiger partial charge in [-0.25, -0.2) is 4.39 Å². The maximum absolute atomic E-state index is 14.7. The van der Waals surface area contributed by atoms with Crippen molar-refractivity contribution in [2.24, 2.45) is 0 Å². The Labute approximate surface area is 151 Å². The van der Waals surface area contributed by atoms with Crippen LogP contribution in [0.1, 0.15) is 41.6 Å². The monoisotopic (exact) mass is 353 g/mol. The van der Waals surface area contributed by atoms with Gasteiger partial charge in [-0.1, -0.05) is 25.0 Å². The third kappa shape index (κ3) is 2.16. The van der Waals surface area contributed by atoms with Gasteiger partial charge in [-0.15, -0.1) is 0 Å². The van der Waals surface area contributed by atoms with Gasteiger partial charge in [-0.3, -0.25) is 4.79 Å². The molecule has 0 N–H and O–H groups in total. The first-order chi connectivity index (χ1) is 12.7. The van der Waals surface area contributed by atoms with Gasteiger partial charge >= 0.3 is 0 Å². The van der Waals surface area contributed by atoms with E-state index in [1.54, 1.807) is 29.2 Å². The average molecular weight is 353 g/mol. The minimum Gasteiger partial charge on any atom is -0.486 e. The number of hydrogen-bond donors (Lipinski definition) is 0. The Bertz CT molecular complexity index is 889. The van der Waals surface area contributed by atoms with Crippen molar-refractivity contribution in [1.82, 2.24) is 0 Å². The van der Waals surface area contributed by atoms with E-state index in [2.05, 4.69) is 0 Å². The molecule has 1 amide bonds. The van der Waals surface area contributed by atoms with Crippen molar-refractivity contribution >= 4 is 11.6 Å². The first-order valence-electron chi connectivity index (χ1n) is 9.19. The minimum atomic E-state index is -0.247. The highest BCUT2D eigenvalue weighted by atomic mass is 19.1. The van der Waals surface area contributed by atoms with E-state index in [0.717, 1.165) is 25.7 Å². The molecule has 0 atom stereocenters. The summed E-state index contributed by atoms with van der Waals surface area (Å²) in [6, 6.07) is 10.4. The number of hydrogen-bond acceptors (Lipinski definition) is 3. The predicted molar refractivity (Wildman–Crippen MR) is 95.7 cm³/mol. The van der Waals surface area contributed by atoms with E-state index in [1.165, 1.54) is 6.07 Å². The lowest BCUT2D eigenvalue weighted by atomic mass is 9.80. The van der Waals surface area contributed by atoms with Gasteiger partial charge < -0.3 is 14.4 Å². The number of carbonyl (C=O) groups excluding carboxylic acids is 1. The molecular formula is C21H20FNO3. The van der Waals surface area contributed by atoms with E-state index in [0.29, 0.717) is 48.1 Å². The summed E-state index contributed by atoms with van der Waals surface area (Å²) in [5.74, 6) is 0.739. The lowest BCUT2D eigenvalue weighted by molar-refractivity contribution is 0.0973. The fourth-order valence-electron chi connectivity index (χ4n) is 4.76. The largest absolute Gasteiger partial charge is 0.486 e. The zero-order chi connectivity index (χ0) is 17.7. The Kier molecular flexibility index (Phi) is 3.45. The molecule has 1 fully saturated rings. The first-order valence-corrected chi connectivity index (χ1v) is 9.19. The summed E-state index contributed by atoms with van der Waals surface area (Å²) in [5, 5.41) is 0. The molecule has 2 aromatic rings. The maximum atomic E-state index is 14.7. The minimum absolute atomic E-state index is 0.150. The molecule has 0 bridgehead atoms. The molecule has 5 heteroatoms. The molecule has 134 valence electrons. The number of para-hydroxylation sites is 1. The molecule has 5 rings (SSSR count). The van der Waals surface area contributed by atoms with Gasteiger partial charge in [-0.2, -0.15) is 0 Å². The van der Waals surface area contributed by atoms with Crippen LogP contribution in [0.25, 0.3) is 0 Å². The summed E-state index contributed by atoms with van der Waals surface area (Å²) in [6.07, 6.45) is 4.01. The van der Waals surface area contributed by atoms with E-state index < -0.39 is 0 Å². The van der Waals surface area contributed by atoms with Crippen LogP contribution in [-0.4, -0.2) is 25.7 Å². The van der Waals surface area contributed by atoms with Crippen LogP contribution in [-0.2, 0) is 5.41 Å². The van der Waals surface area contributed by atoms with E-state index in [1.807, 2.05) is 6.07 Å². The molecule has 0 radical (unpaired) electrons. The number of amides is 1. The van der Waals surface area contributed by atoms with Gasteiger partial charge in [0.1, 0.15) is 19.0 Å². The highest BCUT2D eigenvalue weighted by Crippen LogP contribution is 2.52. The average Bonchev–Trinajstić information content (AvgIpc) is 3.27. The second kappa shape index (κ2) is 5.73. The number of fused-ring (bicyclic) bond motifs is 3. The van der Waals surface area contributed by atoms with Crippen LogP contribution in [0.15, 0.2) is 36.4 Å². The van der Waals surface area contributed by atoms with Crippen molar-refractivity contribution in [3.63, 3.8) is 0 Å². The lowest BCUT2D eigenvalue weighted by Crippen LogP contribution is -2.36. The summed E-state index contributed by atoms with van der Waals surface area (Å²) in [7, 11) is 0. The number of carbonyl (C=O) groups is 1. The van der Waals surface area contributed by atoms with Crippen LogP contribution < -0.4 is 14.4 Å². The smallest absolute Gasteiger partial charge is 0.262 e. The zero-order valence-corrected chi connectivity index (χ0v) is 14.5. The quantitative estimate of drug-likeness (QED) is 0.776. The second-order valence-corrected chi connectivity index (χ2v) is 7.34. The molecule has 1 aliphatic carbocycles. The molecule has 0 unspecified atom stereocenters. The Morgan fingerprint density at radius 1 is 1.04 bits per heavy atom. The molecule has 2 heterocycles. The van der Waals surface area contributed by atoms with Gasteiger partial charge in [0, 0.05) is 17.5 Å². The standard InChI is InChI=1S/C21H20FNO3/c22-15-6-4-7-16-18(15)21(9-1-2-10-21)13-23(16)20(24)14-5-3-8-17-19(14)26-12-11-25-17/h3-8H,1-2,9-13H2. The molecule has 26 heavy (non-hydrogen) atoms.